The van der Waals surface area contributed by atoms with Gasteiger partial charge in [0.05, 0.1) is 0 Å². The first kappa shape index (κ1) is 13.8. The number of carbonyl (C=O) groups is 2. The van der Waals surface area contributed by atoms with E-state index in [0.717, 1.165) is 6.42 Å². The molecule has 0 aromatic heterocycles. The Morgan fingerprint density at radius 1 is 1.41 bits per heavy atom. The SMILES string of the molecule is CC(CCC(=O)O)NC(=O)NC1CCCC1C. The van der Waals surface area contributed by atoms with Gasteiger partial charge in [0, 0.05) is 18.5 Å². The minimum atomic E-state index is -0.830. The third-order valence-corrected chi connectivity index (χ3v) is 3.35. The van der Waals surface area contributed by atoms with Crippen molar-refractivity contribution >= 4 is 12.0 Å². The summed E-state index contributed by atoms with van der Waals surface area (Å²) < 4.78 is 0. The zero-order valence-corrected chi connectivity index (χ0v) is 10.5. The molecule has 0 spiro atoms. The number of hydrogen-bond donors (Lipinski definition) is 3. The minimum absolute atomic E-state index is 0.0846. The van der Waals surface area contributed by atoms with Gasteiger partial charge in [0.15, 0.2) is 0 Å². The first-order valence-electron chi connectivity index (χ1n) is 6.28. The molecule has 1 aliphatic rings. The normalized spacial score (nSPS) is 25.3. The molecule has 0 aromatic carbocycles. The van der Waals surface area contributed by atoms with Crippen LogP contribution in [0, 0.1) is 5.92 Å². The largest absolute Gasteiger partial charge is 0.481 e. The molecule has 3 unspecified atom stereocenters. The fraction of sp³-hybridized carbons (Fsp3) is 0.833. The summed E-state index contributed by atoms with van der Waals surface area (Å²) in [5.41, 5.74) is 0. The average Bonchev–Trinajstić information content (AvgIpc) is 2.61. The molecule has 0 aromatic rings. The van der Waals surface area contributed by atoms with Crippen LogP contribution in [-0.2, 0) is 4.79 Å². The molecule has 1 saturated carbocycles. The third kappa shape index (κ3) is 5.06. The van der Waals surface area contributed by atoms with Gasteiger partial charge in [-0.1, -0.05) is 13.3 Å². The number of urea groups is 1. The summed E-state index contributed by atoms with van der Waals surface area (Å²) in [5.74, 6) is -0.293. The summed E-state index contributed by atoms with van der Waals surface area (Å²) in [4.78, 5) is 22.0. The molecular formula is C12H22N2O3. The van der Waals surface area contributed by atoms with Crippen LogP contribution in [0.1, 0.15) is 46.0 Å². The van der Waals surface area contributed by atoms with E-state index in [2.05, 4.69) is 17.6 Å². The predicted molar refractivity (Wildman–Crippen MR) is 64.8 cm³/mol. The van der Waals surface area contributed by atoms with Crippen molar-refractivity contribution in [2.75, 3.05) is 0 Å². The van der Waals surface area contributed by atoms with E-state index in [9.17, 15) is 9.59 Å². The van der Waals surface area contributed by atoms with E-state index in [-0.39, 0.29) is 24.5 Å². The summed E-state index contributed by atoms with van der Waals surface area (Å²) in [6.07, 6.45) is 3.92. The molecule has 0 bridgehead atoms. The highest BCUT2D eigenvalue weighted by molar-refractivity contribution is 5.74. The van der Waals surface area contributed by atoms with Gasteiger partial charge in [-0.25, -0.2) is 4.79 Å². The van der Waals surface area contributed by atoms with Gasteiger partial charge in [-0.15, -0.1) is 0 Å². The Balaban J connectivity index is 2.21. The predicted octanol–water partition coefficient (Wildman–Crippen LogP) is 1.73. The Labute approximate surface area is 102 Å². The summed E-state index contributed by atoms with van der Waals surface area (Å²) in [6.45, 7) is 3.96. The fourth-order valence-corrected chi connectivity index (χ4v) is 2.21. The van der Waals surface area contributed by atoms with Crippen LogP contribution in [0.2, 0.25) is 0 Å². The molecule has 0 saturated heterocycles. The van der Waals surface area contributed by atoms with E-state index in [1.54, 1.807) is 0 Å². The number of carboxylic acids is 1. The lowest BCUT2D eigenvalue weighted by molar-refractivity contribution is -0.137. The van der Waals surface area contributed by atoms with Gasteiger partial charge in [0.25, 0.3) is 0 Å². The van der Waals surface area contributed by atoms with Gasteiger partial charge in [0.1, 0.15) is 0 Å². The van der Waals surface area contributed by atoms with Gasteiger partial charge < -0.3 is 15.7 Å². The Kier molecular flexibility index (Phi) is 5.25. The van der Waals surface area contributed by atoms with Crippen LogP contribution < -0.4 is 10.6 Å². The summed E-state index contributed by atoms with van der Waals surface area (Å²) in [7, 11) is 0. The molecule has 3 atom stereocenters. The zero-order chi connectivity index (χ0) is 12.8. The lowest BCUT2D eigenvalue weighted by atomic mass is 10.1. The van der Waals surface area contributed by atoms with E-state index in [4.69, 9.17) is 5.11 Å². The number of carbonyl (C=O) groups excluding carboxylic acids is 1. The van der Waals surface area contributed by atoms with Crippen LogP contribution in [0.5, 0.6) is 0 Å². The molecule has 0 radical (unpaired) electrons. The van der Waals surface area contributed by atoms with Gasteiger partial charge in [-0.2, -0.15) is 0 Å². The van der Waals surface area contributed by atoms with Gasteiger partial charge in [0.2, 0.25) is 0 Å². The maximum atomic E-state index is 11.6. The number of aliphatic carboxylic acids is 1. The highest BCUT2D eigenvalue weighted by Gasteiger charge is 2.24. The zero-order valence-electron chi connectivity index (χ0n) is 10.5. The molecule has 1 rings (SSSR count). The Hall–Kier alpha value is -1.26. The van der Waals surface area contributed by atoms with Crippen molar-refractivity contribution < 1.29 is 14.7 Å². The maximum absolute atomic E-state index is 11.6. The topological polar surface area (TPSA) is 78.4 Å². The molecule has 0 aliphatic heterocycles. The molecule has 98 valence electrons. The lowest BCUT2D eigenvalue weighted by Crippen LogP contribution is -2.46. The molecule has 0 heterocycles. The van der Waals surface area contributed by atoms with Crippen molar-refractivity contribution in [1.29, 1.82) is 0 Å². The molecule has 1 aliphatic carbocycles. The van der Waals surface area contributed by atoms with Crippen LogP contribution in [-0.4, -0.2) is 29.2 Å². The molecule has 5 nitrogen and oxygen atoms in total. The second-order valence-electron chi connectivity index (χ2n) is 4.97. The van der Waals surface area contributed by atoms with Gasteiger partial charge >= 0.3 is 12.0 Å². The van der Waals surface area contributed by atoms with Crippen molar-refractivity contribution in [2.45, 2.75) is 58.0 Å². The minimum Gasteiger partial charge on any atom is -0.481 e. The molecule has 5 heteroatoms. The number of nitrogens with one attached hydrogen (secondary N) is 2. The van der Waals surface area contributed by atoms with E-state index < -0.39 is 5.97 Å². The highest BCUT2D eigenvalue weighted by Crippen LogP contribution is 2.24. The van der Waals surface area contributed by atoms with E-state index in [1.807, 2.05) is 6.92 Å². The first-order chi connectivity index (χ1) is 7.99. The van der Waals surface area contributed by atoms with Gasteiger partial charge in [-0.3, -0.25) is 4.79 Å². The molecular weight excluding hydrogens is 220 g/mol. The Morgan fingerprint density at radius 3 is 2.65 bits per heavy atom. The van der Waals surface area contributed by atoms with Crippen LogP contribution in [0.3, 0.4) is 0 Å². The van der Waals surface area contributed by atoms with Crippen molar-refractivity contribution in [3.05, 3.63) is 0 Å². The molecule has 17 heavy (non-hydrogen) atoms. The van der Waals surface area contributed by atoms with Crippen molar-refractivity contribution in [1.82, 2.24) is 10.6 Å². The van der Waals surface area contributed by atoms with Crippen LogP contribution in [0.4, 0.5) is 4.79 Å². The maximum Gasteiger partial charge on any atom is 0.315 e. The molecule has 3 N–H and O–H groups in total. The highest BCUT2D eigenvalue weighted by atomic mass is 16.4. The molecule has 2 amide bonds. The quantitative estimate of drug-likeness (QED) is 0.687. The van der Waals surface area contributed by atoms with E-state index in [1.165, 1.54) is 12.8 Å². The lowest BCUT2D eigenvalue weighted by Gasteiger charge is -2.20. The standard InChI is InChI=1S/C12H22N2O3/c1-8-4-3-5-10(8)14-12(17)13-9(2)6-7-11(15)16/h8-10H,3-7H2,1-2H3,(H,15,16)(H2,13,14,17). The Bertz CT molecular complexity index is 281. The Morgan fingerprint density at radius 2 is 2.12 bits per heavy atom. The number of carboxylic acid groups (broad SMARTS) is 1. The second kappa shape index (κ2) is 6.47. The third-order valence-electron chi connectivity index (χ3n) is 3.35. The monoisotopic (exact) mass is 242 g/mol. The number of hydrogen-bond acceptors (Lipinski definition) is 2. The summed E-state index contributed by atoms with van der Waals surface area (Å²) in [5, 5.41) is 14.3. The van der Waals surface area contributed by atoms with Gasteiger partial charge in [-0.05, 0) is 32.1 Å². The molecule has 1 fully saturated rings. The smallest absolute Gasteiger partial charge is 0.315 e. The van der Waals surface area contributed by atoms with Crippen LogP contribution >= 0.6 is 0 Å². The van der Waals surface area contributed by atoms with E-state index in [0.29, 0.717) is 12.3 Å². The summed E-state index contributed by atoms with van der Waals surface area (Å²) in [6, 6.07) is -0.0221. The average molecular weight is 242 g/mol. The first-order valence-corrected chi connectivity index (χ1v) is 6.28. The van der Waals surface area contributed by atoms with Crippen LogP contribution in [0.15, 0.2) is 0 Å². The van der Waals surface area contributed by atoms with Crippen molar-refractivity contribution in [2.24, 2.45) is 5.92 Å². The van der Waals surface area contributed by atoms with E-state index >= 15 is 0 Å². The van der Waals surface area contributed by atoms with Crippen LogP contribution in [0.25, 0.3) is 0 Å². The van der Waals surface area contributed by atoms with Crippen molar-refractivity contribution in [3.8, 4) is 0 Å². The second-order valence-corrected chi connectivity index (χ2v) is 4.97. The fourth-order valence-electron chi connectivity index (χ4n) is 2.21. The number of amides is 2. The summed E-state index contributed by atoms with van der Waals surface area (Å²) >= 11 is 0. The number of rotatable bonds is 5. The van der Waals surface area contributed by atoms with Crippen molar-refractivity contribution in [3.63, 3.8) is 0 Å².